The smallest absolute Gasteiger partial charge is 0.261 e. The summed E-state index contributed by atoms with van der Waals surface area (Å²) in [6, 6.07) is 15.5. The summed E-state index contributed by atoms with van der Waals surface area (Å²) in [6.07, 6.45) is 0.291. The Balaban J connectivity index is 2.08. The molecule has 0 saturated heterocycles. The van der Waals surface area contributed by atoms with Gasteiger partial charge in [-0.3, -0.25) is 4.79 Å². The molecule has 2 aromatic carbocycles. The molecule has 1 N–H and O–H groups in total. The lowest BCUT2D eigenvalue weighted by atomic mass is 9.96. The van der Waals surface area contributed by atoms with Gasteiger partial charge in [0.15, 0.2) is 6.10 Å². The van der Waals surface area contributed by atoms with Gasteiger partial charge < -0.3 is 14.8 Å². The zero-order valence-corrected chi connectivity index (χ0v) is 16.3. The topological polar surface area (TPSA) is 47.6 Å². The molecule has 4 nitrogen and oxygen atoms in total. The number of methoxy groups -OCH3 is 1. The van der Waals surface area contributed by atoms with Crippen LogP contribution in [-0.2, 0) is 4.79 Å². The predicted molar refractivity (Wildman–Crippen MR) is 105 cm³/mol. The van der Waals surface area contributed by atoms with Crippen molar-refractivity contribution in [3.8, 4) is 11.5 Å². The van der Waals surface area contributed by atoms with Crippen LogP contribution in [0.3, 0.4) is 0 Å². The first-order valence-corrected chi connectivity index (χ1v) is 9.07. The van der Waals surface area contributed by atoms with E-state index in [1.165, 1.54) is 0 Å². The number of nitrogens with one attached hydrogen (secondary N) is 1. The van der Waals surface area contributed by atoms with Crippen LogP contribution in [-0.4, -0.2) is 19.1 Å². The van der Waals surface area contributed by atoms with Gasteiger partial charge >= 0.3 is 0 Å². The number of rotatable bonds is 8. The van der Waals surface area contributed by atoms with Gasteiger partial charge in [-0.1, -0.05) is 44.2 Å². The highest BCUT2D eigenvalue weighted by molar-refractivity contribution is 5.81. The highest BCUT2D eigenvalue weighted by Gasteiger charge is 2.21. The van der Waals surface area contributed by atoms with Crippen molar-refractivity contribution in [3.05, 3.63) is 59.7 Å². The van der Waals surface area contributed by atoms with E-state index < -0.39 is 6.10 Å². The van der Waals surface area contributed by atoms with E-state index in [9.17, 15) is 4.79 Å². The normalized spacial score (nSPS) is 13.2. The van der Waals surface area contributed by atoms with Crippen LogP contribution in [0.1, 0.15) is 44.4 Å². The monoisotopic (exact) mass is 355 g/mol. The van der Waals surface area contributed by atoms with Gasteiger partial charge in [-0.05, 0) is 55.5 Å². The number of ether oxygens (including phenoxy) is 2. The minimum Gasteiger partial charge on any atom is -0.497 e. The number of benzene rings is 2. The predicted octanol–water partition coefficient (Wildman–Crippen LogP) is 4.67. The Morgan fingerprint density at radius 3 is 2.27 bits per heavy atom. The average molecular weight is 355 g/mol. The number of aryl methyl sites for hydroxylation is 1. The van der Waals surface area contributed by atoms with Crippen LogP contribution in [0.5, 0.6) is 11.5 Å². The van der Waals surface area contributed by atoms with E-state index in [0.717, 1.165) is 29.0 Å². The molecule has 0 fully saturated rings. The van der Waals surface area contributed by atoms with Crippen molar-refractivity contribution in [2.75, 3.05) is 7.11 Å². The lowest BCUT2D eigenvalue weighted by molar-refractivity contribution is -0.128. The molecule has 1 amide bonds. The SMILES string of the molecule is COc1ccc([C@@H](CC(C)C)NC(=O)[C@@H](C)Oc2ccccc2C)cc1. The van der Waals surface area contributed by atoms with Crippen LogP contribution in [0.2, 0.25) is 0 Å². The van der Waals surface area contributed by atoms with E-state index in [1.807, 2.05) is 55.5 Å². The molecule has 0 spiro atoms. The van der Waals surface area contributed by atoms with Crippen LogP contribution in [0.25, 0.3) is 0 Å². The van der Waals surface area contributed by atoms with Crippen molar-refractivity contribution >= 4 is 5.91 Å². The Morgan fingerprint density at radius 1 is 1.04 bits per heavy atom. The fourth-order valence-corrected chi connectivity index (χ4v) is 2.81. The molecule has 2 aromatic rings. The summed E-state index contributed by atoms with van der Waals surface area (Å²) in [5.41, 5.74) is 2.08. The highest BCUT2D eigenvalue weighted by atomic mass is 16.5. The second-order valence-corrected chi connectivity index (χ2v) is 6.99. The molecule has 0 aromatic heterocycles. The van der Waals surface area contributed by atoms with Gasteiger partial charge in [-0.15, -0.1) is 0 Å². The zero-order chi connectivity index (χ0) is 19.1. The maximum Gasteiger partial charge on any atom is 0.261 e. The molecule has 4 heteroatoms. The maximum absolute atomic E-state index is 12.7. The molecule has 0 radical (unpaired) electrons. The lowest BCUT2D eigenvalue weighted by Gasteiger charge is -2.24. The number of carbonyl (C=O) groups is 1. The van der Waals surface area contributed by atoms with Crippen LogP contribution < -0.4 is 14.8 Å². The standard InChI is InChI=1S/C22H29NO3/c1-15(2)14-20(18-10-12-19(25-5)13-11-18)23-22(24)17(4)26-21-9-7-6-8-16(21)3/h6-13,15,17,20H,14H2,1-5H3,(H,23,24)/t17-,20-/m1/s1. The molecular formula is C22H29NO3. The van der Waals surface area contributed by atoms with Crippen molar-refractivity contribution < 1.29 is 14.3 Å². The molecule has 0 saturated carbocycles. The number of para-hydroxylation sites is 1. The van der Waals surface area contributed by atoms with E-state index in [2.05, 4.69) is 19.2 Å². The molecule has 0 aliphatic carbocycles. The number of hydrogen-bond acceptors (Lipinski definition) is 3. The van der Waals surface area contributed by atoms with Crippen LogP contribution in [0.15, 0.2) is 48.5 Å². The van der Waals surface area contributed by atoms with Gasteiger partial charge in [0, 0.05) is 0 Å². The quantitative estimate of drug-likeness (QED) is 0.748. The molecule has 2 atom stereocenters. The lowest BCUT2D eigenvalue weighted by Crippen LogP contribution is -2.39. The summed E-state index contributed by atoms with van der Waals surface area (Å²) >= 11 is 0. The van der Waals surface area contributed by atoms with Gasteiger partial charge in [-0.2, -0.15) is 0 Å². The minimum atomic E-state index is -0.566. The largest absolute Gasteiger partial charge is 0.497 e. The van der Waals surface area contributed by atoms with Gasteiger partial charge in [0.2, 0.25) is 0 Å². The molecule has 0 heterocycles. The Morgan fingerprint density at radius 2 is 1.69 bits per heavy atom. The first-order chi connectivity index (χ1) is 12.4. The maximum atomic E-state index is 12.7. The van der Waals surface area contributed by atoms with E-state index in [4.69, 9.17) is 9.47 Å². The van der Waals surface area contributed by atoms with E-state index in [0.29, 0.717) is 5.92 Å². The van der Waals surface area contributed by atoms with Gasteiger partial charge in [0.1, 0.15) is 11.5 Å². The fraction of sp³-hybridized carbons (Fsp3) is 0.409. The van der Waals surface area contributed by atoms with Crippen LogP contribution >= 0.6 is 0 Å². The highest BCUT2D eigenvalue weighted by Crippen LogP contribution is 2.24. The second kappa shape index (κ2) is 9.27. The van der Waals surface area contributed by atoms with E-state index in [1.54, 1.807) is 14.0 Å². The third-order valence-corrected chi connectivity index (χ3v) is 4.31. The Labute approximate surface area is 156 Å². The van der Waals surface area contributed by atoms with Crippen molar-refractivity contribution in [1.82, 2.24) is 5.32 Å². The molecule has 0 bridgehead atoms. The molecular weight excluding hydrogens is 326 g/mol. The summed E-state index contributed by atoms with van der Waals surface area (Å²) in [7, 11) is 1.65. The minimum absolute atomic E-state index is 0.0590. The first kappa shape index (κ1) is 19.8. The third kappa shape index (κ3) is 5.51. The van der Waals surface area contributed by atoms with Crippen LogP contribution in [0.4, 0.5) is 0 Å². The molecule has 2 rings (SSSR count). The Kier molecular flexibility index (Phi) is 7.07. The molecule has 0 unspecified atom stereocenters. The van der Waals surface area contributed by atoms with Crippen molar-refractivity contribution in [3.63, 3.8) is 0 Å². The zero-order valence-electron chi connectivity index (χ0n) is 16.3. The van der Waals surface area contributed by atoms with Crippen molar-refractivity contribution in [1.29, 1.82) is 0 Å². The van der Waals surface area contributed by atoms with Crippen molar-refractivity contribution in [2.45, 2.75) is 46.3 Å². The summed E-state index contributed by atoms with van der Waals surface area (Å²) in [6.45, 7) is 8.05. The molecule has 140 valence electrons. The Bertz CT molecular complexity index is 710. The molecule has 26 heavy (non-hydrogen) atoms. The average Bonchev–Trinajstić information content (AvgIpc) is 2.62. The van der Waals surface area contributed by atoms with E-state index >= 15 is 0 Å². The summed E-state index contributed by atoms with van der Waals surface area (Å²) < 4.78 is 11.1. The van der Waals surface area contributed by atoms with Gasteiger partial charge in [0.05, 0.1) is 13.2 Å². The number of hydrogen-bond donors (Lipinski definition) is 1. The number of amides is 1. The first-order valence-electron chi connectivity index (χ1n) is 9.07. The second-order valence-electron chi connectivity index (χ2n) is 6.99. The summed E-state index contributed by atoms with van der Waals surface area (Å²) in [5, 5.41) is 3.14. The molecule has 0 aliphatic heterocycles. The fourth-order valence-electron chi connectivity index (χ4n) is 2.81. The summed E-state index contributed by atoms with van der Waals surface area (Å²) in [4.78, 5) is 12.7. The summed E-state index contributed by atoms with van der Waals surface area (Å²) in [5.74, 6) is 1.88. The van der Waals surface area contributed by atoms with E-state index in [-0.39, 0.29) is 11.9 Å². The van der Waals surface area contributed by atoms with Crippen molar-refractivity contribution in [2.24, 2.45) is 5.92 Å². The number of carbonyl (C=O) groups excluding carboxylic acids is 1. The van der Waals surface area contributed by atoms with Crippen LogP contribution in [0, 0.1) is 12.8 Å². The third-order valence-electron chi connectivity index (χ3n) is 4.31. The Hall–Kier alpha value is -2.49. The van der Waals surface area contributed by atoms with Gasteiger partial charge in [0.25, 0.3) is 5.91 Å². The van der Waals surface area contributed by atoms with Gasteiger partial charge in [-0.25, -0.2) is 0 Å². The molecule has 0 aliphatic rings.